The summed E-state index contributed by atoms with van der Waals surface area (Å²) in [6.07, 6.45) is 4.53. The highest BCUT2D eigenvalue weighted by molar-refractivity contribution is 7.85. The van der Waals surface area contributed by atoms with Gasteiger partial charge in [-0.1, -0.05) is 30.3 Å². The number of aromatic nitrogens is 2. The number of hydrogen-bond donors (Lipinski definition) is 1. The molecule has 1 saturated heterocycles. The summed E-state index contributed by atoms with van der Waals surface area (Å²) >= 11 is 0. The quantitative estimate of drug-likeness (QED) is 0.902. The zero-order chi connectivity index (χ0) is 17.3. The van der Waals surface area contributed by atoms with Crippen LogP contribution in [0.3, 0.4) is 0 Å². The number of aryl methyl sites for hydroxylation is 1. The molecule has 0 spiro atoms. The van der Waals surface area contributed by atoms with E-state index in [4.69, 9.17) is 9.97 Å². The Hall–Kier alpha value is -1.95. The number of hydrogen-bond acceptors (Lipinski definition) is 5. The summed E-state index contributed by atoms with van der Waals surface area (Å²) in [5, 5.41) is 3.67. The summed E-state index contributed by atoms with van der Waals surface area (Å²) in [5.74, 6) is 3.80. The molecule has 1 unspecified atom stereocenters. The molecule has 26 heavy (non-hydrogen) atoms. The predicted molar refractivity (Wildman–Crippen MR) is 102 cm³/mol. The molecule has 4 fully saturated rings. The lowest BCUT2D eigenvalue weighted by Gasteiger charge is -2.62. The van der Waals surface area contributed by atoms with Gasteiger partial charge in [0, 0.05) is 36.7 Å². The second-order valence-electron chi connectivity index (χ2n) is 8.34. The Labute approximate surface area is 155 Å². The van der Waals surface area contributed by atoms with Crippen molar-refractivity contribution < 1.29 is 4.21 Å². The minimum absolute atomic E-state index is 0.234. The normalized spacial score (nSPS) is 31.6. The smallest absolute Gasteiger partial charge is 0.227 e. The van der Waals surface area contributed by atoms with Gasteiger partial charge in [0.25, 0.3) is 0 Å². The van der Waals surface area contributed by atoms with Crippen LogP contribution in [0.25, 0.3) is 0 Å². The van der Waals surface area contributed by atoms with Gasteiger partial charge in [-0.3, -0.25) is 4.21 Å². The molecule has 1 aromatic carbocycles. The summed E-state index contributed by atoms with van der Waals surface area (Å²) in [5.41, 5.74) is 2.61. The molecular formula is C20H22N4OS. The number of nitrogens with one attached hydrogen (secondary N) is 1. The minimum Gasteiger partial charge on any atom is -0.363 e. The molecule has 6 heteroatoms. The third-order valence-corrected chi connectivity index (χ3v) is 7.99. The average molecular weight is 366 g/mol. The molecule has 1 atom stereocenters. The van der Waals surface area contributed by atoms with Crippen LogP contribution >= 0.6 is 0 Å². The van der Waals surface area contributed by atoms with Crippen LogP contribution in [0.15, 0.2) is 35.2 Å². The Morgan fingerprint density at radius 3 is 2.58 bits per heavy atom. The molecule has 5 aliphatic rings. The molecular weight excluding hydrogens is 344 g/mol. The zero-order valence-electron chi connectivity index (χ0n) is 14.6. The van der Waals surface area contributed by atoms with Crippen molar-refractivity contribution in [2.24, 2.45) is 5.92 Å². The first-order valence-electron chi connectivity index (χ1n) is 9.56. The number of benzene rings is 1. The Balaban J connectivity index is 1.28. The van der Waals surface area contributed by atoms with E-state index in [1.165, 1.54) is 24.8 Å². The number of rotatable bonds is 4. The fourth-order valence-electron chi connectivity index (χ4n) is 4.87. The summed E-state index contributed by atoms with van der Waals surface area (Å²) in [4.78, 5) is 12.8. The van der Waals surface area contributed by atoms with Crippen molar-refractivity contribution in [2.45, 2.75) is 42.0 Å². The van der Waals surface area contributed by atoms with Gasteiger partial charge in [0.2, 0.25) is 5.95 Å². The molecule has 7 rings (SSSR count). The maximum absolute atomic E-state index is 12.5. The molecule has 3 heterocycles. The molecule has 3 aliphatic carbocycles. The van der Waals surface area contributed by atoms with Gasteiger partial charge < -0.3 is 10.2 Å². The van der Waals surface area contributed by atoms with Gasteiger partial charge in [-0.2, -0.15) is 4.98 Å². The summed E-state index contributed by atoms with van der Waals surface area (Å²) < 4.78 is 12.5. The van der Waals surface area contributed by atoms with Crippen LogP contribution in [-0.2, 0) is 17.2 Å². The minimum atomic E-state index is -0.953. The van der Waals surface area contributed by atoms with Crippen molar-refractivity contribution in [3.05, 3.63) is 41.6 Å². The zero-order valence-corrected chi connectivity index (χ0v) is 15.5. The first-order valence-corrected chi connectivity index (χ1v) is 10.9. The largest absolute Gasteiger partial charge is 0.363 e. The Morgan fingerprint density at radius 2 is 1.88 bits per heavy atom. The van der Waals surface area contributed by atoms with Gasteiger partial charge in [-0.05, 0) is 30.7 Å². The highest BCUT2D eigenvalue weighted by atomic mass is 32.2. The van der Waals surface area contributed by atoms with Gasteiger partial charge in [-0.15, -0.1) is 0 Å². The molecule has 5 nitrogen and oxygen atoms in total. The summed E-state index contributed by atoms with van der Waals surface area (Å²) in [7, 11) is -0.953. The van der Waals surface area contributed by atoms with Gasteiger partial charge in [-0.25, -0.2) is 4.98 Å². The Morgan fingerprint density at radius 1 is 1.12 bits per heavy atom. The molecule has 2 aliphatic heterocycles. The first-order chi connectivity index (χ1) is 12.7. The van der Waals surface area contributed by atoms with Crippen molar-refractivity contribution in [1.29, 1.82) is 0 Å². The topological polar surface area (TPSA) is 58.1 Å². The van der Waals surface area contributed by atoms with Crippen LogP contribution in [0.5, 0.6) is 0 Å². The van der Waals surface area contributed by atoms with Crippen LogP contribution in [-0.4, -0.2) is 38.6 Å². The molecule has 134 valence electrons. The fourth-order valence-corrected chi connectivity index (χ4v) is 6.18. The Kier molecular flexibility index (Phi) is 3.08. The van der Waals surface area contributed by atoms with E-state index in [-0.39, 0.29) is 5.54 Å². The van der Waals surface area contributed by atoms with E-state index in [9.17, 15) is 4.21 Å². The Bertz CT molecular complexity index is 893. The van der Waals surface area contributed by atoms with Crippen molar-refractivity contribution >= 4 is 22.6 Å². The van der Waals surface area contributed by atoms with Crippen molar-refractivity contribution in [3.8, 4) is 0 Å². The van der Waals surface area contributed by atoms with E-state index >= 15 is 0 Å². The maximum atomic E-state index is 12.5. The van der Waals surface area contributed by atoms with E-state index in [2.05, 4.69) is 40.5 Å². The maximum Gasteiger partial charge on any atom is 0.227 e. The van der Waals surface area contributed by atoms with Crippen LogP contribution in [0.2, 0.25) is 0 Å². The molecule has 2 aromatic rings. The van der Waals surface area contributed by atoms with Gasteiger partial charge in [0.1, 0.15) is 10.7 Å². The monoisotopic (exact) mass is 366 g/mol. The molecule has 0 amide bonds. The third kappa shape index (κ3) is 2.17. The lowest BCUT2D eigenvalue weighted by Crippen LogP contribution is -2.63. The van der Waals surface area contributed by atoms with E-state index in [0.717, 1.165) is 47.8 Å². The highest BCUT2D eigenvalue weighted by Gasteiger charge is 2.57. The van der Waals surface area contributed by atoms with Crippen LogP contribution < -0.4 is 10.2 Å². The van der Waals surface area contributed by atoms with Crippen molar-refractivity contribution in [2.75, 3.05) is 29.1 Å². The van der Waals surface area contributed by atoms with Crippen molar-refractivity contribution in [3.63, 3.8) is 0 Å². The van der Waals surface area contributed by atoms with E-state index in [0.29, 0.717) is 11.7 Å². The standard InChI is InChI=1S/C20H22N4OS/c25-26-7-6-16-17(26)18(23-20-8-13(9-20)10-20)22-19(21-16)24-11-15(12-24)14-4-2-1-3-5-14/h1-5,13,15H,6-12H2,(H,21,22,23). The number of fused-ring (bicyclic) bond motifs is 1. The lowest BCUT2D eigenvalue weighted by molar-refractivity contribution is 0.00158. The van der Waals surface area contributed by atoms with E-state index < -0.39 is 10.8 Å². The van der Waals surface area contributed by atoms with E-state index in [1.807, 2.05) is 0 Å². The molecule has 3 saturated carbocycles. The van der Waals surface area contributed by atoms with Gasteiger partial charge in [0.05, 0.1) is 16.5 Å². The second-order valence-corrected chi connectivity index (χ2v) is 9.85. The summed E-state index contributed by atoms with van der Waals surface area (Å²) in [6, 6.07) is 10.7. The molecule has 2 bridgehead atoms. The molecule has 1 N–H and O–H groups in total. The SMILES string of the molecule is O=S1CCc2nc(N3CC(c4ccccc4)C3)nc(NC34CC(C3)C4)c21. The third-order valence-electron chi connectivity index (χ3n) is 6.53. The highest BCUT2D eigenvalue weighted by Crippen LogP contribution is 2.58. The average Bonchev–Trinajstić information content (AvgIpc) is 2.91. The van der Waals surface area contributed by atoms with Gasteiger partial charge in [0.15, 0.2) is 0 Å². The molecule has 0 radical (unpaired) electrons. The van der Waals surface area contributed by atoms with Crippen LogP contribution in [0.1, 0.15) is 36.4 Å². The van der Waals surface area contributed by atoms with Gasteiger partial charge >= 0.3 is 0 Å². The summed E-state index contributed by atoms with van der Waals surface area (Å²) in [6.45, 7) is 1.91. The molecule has 1 aromatic heterocycles. The fraction of sp³-hybridized carbons (Fsp3) is 0.500. The second kappa shape index (κ2) is 5.28. The predicted octanol–water partition coefficient (Wildman–Crippen LogP) is 2.71. The number of nitrogens with zero attached hydrogens (tertiary/aromatic N) is 3. The first kappa shape index (κ1) is 15.1. The van der Waals surface area contributed by atoms with Crippen molar-refractivity contribution in [1.82, 2.24) is 9.97 Å². The van der Waals surface area contributed by atoms with Crippen LogP contribution in [0, 0.1) is 5.92 Å². The lowest BCUT2D eigenvalue weighted by atomic mass is 9.50. The number of anilines is 2. The van der Waals surface area contributed by atoms with Crippen LogP contribution in [0.4, 0.5) is 11.8 Å². The van der Waals surface area contributed by atoms with E-state index in [1.54, 1.807) is 0 Å².